The minimum Gasteiger partial charge on any atom is -0.377 e. The van der Waals surface area contributed by atoms with Crippen molar-refractivity contribution >= 4 is 5.96 Å². The van der Waals surface area contributed by atoms with Gasteiger partial charge in [0.2, 0.25) is 0 Å². The molecule has 1 fully saturated rings. The maximum Gasteiger partial charge on any atom is 0.194 e. The van der Waals surface area contributed by atoms with E-state index in [1.54, 1.807) is 0 Å². The van der Waals surface area contributed by atoms with Gasteiger partial charge < -0.3 is 19.7 Å². The molecule has 0 bridgehead atoms. The zero-order valence-electron chi connectivity index (χ0n) is 15.3. The molecule has 1 heterocycles. The molecule has 1 aliphatic heterocycles. The lowest BCUT2D eigenvalue weighted by atomic mass is 10.1. The molecule has 1 saturated heterocycles. The number of hydrogen-bond acceptors (Lipinski definition) is 3. The number of guanidine groups is 1. The van der Waals surface area contributed by atoms with Crippen LogP contribution in [0.2, 0.25) is 0 Å². The van der Waals surface area contributed by atoms with Crippen LogP contribution < -0.4 is 5.32 Å². The first kappa shape index (κ1) is 18.7. The van der Waals surface area contributed by atoms with Gasteiger partial charge in [0, 0.05) is 26.7 Å². The Balaban J connectivity index is 1.79. The van der Waals surface area contributed by atoms with Gasteiger partial charge in [-0.3, -0.25) is 4.99 Å². The number of aliphatic imine (C=N–C) groups is 1. The van der Waals surface area contributed by atoms with Crippen molar-refractivity contribution < 1.29 is 9.47 Å². The van der Waals surface area contributed by atoms with Gasteiger partial charge in [-0.15, -0.1) is 0 Å². The van der Waals surface area contributed by atoms with Crippen LogP contribution in [0, 0.1) is 6.92 Å². The molecule has 1 aliphatic rings. The van der Waals surface area contributed by atoms with Crippen LogP contribution in [-0.4, -0.2) is 56.9 Å². The lowest BCUT2D eigenvalue weighted by Gasteiger charge is -2.23. The zero-order chi connectivity index (χ0) is 17.2. The Kier molecular flexibility index (Phi) is 8.05. The molecule has 0 aliphatic carbocycles. The maximum atomic E-state index is 5.68. The fraction of sp³-hybridized carbons (Fsp3) is 0.632. The van der Waals surface area contributed by atoms with E-state index in [0.29, 0.717) is 19.8 Å². The standard InChI is InChI=1S/C19H31N3O2/c1-4-20-19(21-11-13-23-15-18-10-7-12-24-18)22(3)14-17-9-6-5-8-16(17)2/h5-6,8-9,18H,4,7,10-15H2,1-3H3,(H,20,21). The summed E-state index contributed by atoms with van der Waals surface area (Å²) in [7, 11) is 2.07. The van der Waals surface area contributed by atoms with E-state index in [2.05, 4.69) is 60.4 Å². The molecule has 1 unspecified atom stereocenters. The highest BCUT2D eigenvalue weighted by atomic mass is 16.5. The van der Waals surface area contributed by atoms with Crippen molar-refractivity contribution in [3.05, 3.63) is 35.4 Å². The summed E-state index contributed by atoms with van der Waals surface area (Å²) < 4.78 is 11.2. The van der Waals surface area contributed by atoms with Gasteiger partial charge in [0.25, 0.3) is 0 Å². The van der Waals surface area contributed by atoms with Crippen molar-refractivity contribution in [2.24, 2.45) is 4.99 Å². The first-order valence-corrected chi connectivity index (χ1v) is 8.94. The number of nitrogens with one attached hydrogen (secondary N) is 1. The third-order valence-corrected chi connectivity index (χ3v) is 4.19. The monoisotopic (exact) mass is 333 g/mol. The van der Waals surface area contributed by atoms with Crippen LogP contribution >= 0.6 is 0 Å². The van der Waals surface area contributed by atoms with Crippen molar-refractivity contribution in [3.63, 3.8) is 0 Å². The van der Waals surface area contributed by atoms with Gasteiger partial charge in [0.05, 0.1) is 25.9 Å². The largest absolute Gasteiger partial charge is 0.377 e. The highest BCUT2D eigenvalue weighted by Gasteiger charge is 2.15. The van der Waals surface area contributed by atoms with Crippen molar-refractivity contribution in [2.45, 2.75) is 39.3 Å². The van der Waals surface area contributed by atoms with E-state index in [0.717, 1.165) is 38.5 Å². The highest BCUT2D eigenvalue weighted by Crippen LogP contribution is 2.12. The molecule has 1 aromatic rings. The lowest BCUT2D eigenvalue weighted by Crippen LogP contribution is -2.38. The van der Waals surface area contributed by atoms with E-state index in [1.165, 1.54) is 11.1 Å². The van der Waals surface area contributed by atoms with Gasteiger partial charge in [-0.25, -0.2) is 0 Å². The second kappa shape index (κ2) is 10.3. The van der Waals surface area contributed by atoms with Crippen LogP contribution in [-0.2, 0) is 16.0 Å². The number of nitrogens with zero attached hydrogens (tertiary/aromatic N) is 2. The summed E-state index contributed by atoms with van der Waals surface area (Å²) >= 11 is 0. The van der Waals surface area contributed by atoms with Gasteiger partial charge in [-0.05, 0) is 37.8 Å². The number of rotatable bonds is 8. The average Bonchev–Trinajstić information content (AvgIpc) is 3.09. The summed E-state index contributed by atoms with van der Waals surface area (Å²) in [5, 5.41) is 3.35. The van der Waals surface area contributed by atoms with Crippen LogP contribution in [0.15, 0.2) is 29.3 Å². The molecule has 5 heteroatoms. The first-order valence-electron chi connectivity index (χ1n) is 8.94. The van der Waals surface area contributed by atoms with Crippen LogP contribution in [0.1, 0.15) is 30.9 Å². The van der Waals surface area contributed by atoms with E-state index >= 15 is 0 Å². The molecule has 0 saturated carbocycles. The van der Waals surface area contributed by atoms with E-state index in [4.69, 9.17) is 9.47 Å². The summed E-state index contributed by atoms with van der Waals surface area (Å²) in [4.78, 5) is 6.83. The smallest absolute Gasteiger partial charge is 0.194 e. The normalized spacial score (nSPS) is 18.0. The zero-order valence-corrected chi connectivity index (χ0v) is 15.3. The minimum atomic E-state index is 0.283. The molecular formula is C19H31N3O2. The van der Waals surface area contributed by atoms with Crippen molar-refractivity contribution in [1.29, 1.82) is 0 Å². The predicted octanol–water partition coefficient (Wildman–Crippen LogP) is 2.59. The predicted molar refractivity (Wildman–Crippen MR) is 98.4 cm³/mol. The summed E-state index contributed by atoms with van der Waals surface area (Å²) in [5.41, 5.74) is 2.63. The molecular weight excluding hydrogens is 302 g/mol. The molecule has 1 N–H and O–H groups in total. The van der Waals surface area contributed by atoms with E-state index in [9.17, 15) is 0 Å². The molecule has 0 radical (unpaired) electrons. The quantitative estimate of drug-likeness (QED) is 0.451. The Morgan fingerprint density at radius 1 is 1.42 bits per heavy atom. The number of hydrogen-bond donors (Lipinski definition) is 1. The molecule has 134 valence electrons. The Labute approximate surface area is 146 Å². The first-order chi connectivity index (χ1) is 11.7. The average molecular weight is 333 g/mol. The van der Waals surface area contributed by atoms with Crippen molar-refractivity contribution in [3.8, 4) is 0 Å². The Morgan fingerprint density at radius 3 is 2.96 bits per heavy atom. The highest BCUT2D eigenvalue weighted by molar-refractivity contribution is 5.79. The Hall–Kier alpha value is -1.59. The van der Waals surface area contributed by atoms with E-state index in [1.807, 2.05) is 0 Å². The summed E-state index contributed by atoms with van der Waals surface area (Å²) in [6, 6.07) is 8.47. The van der Waals surface area contributed by atoms with Crippen LogP contribution in [0.5, 0.6) is 0 Å². The minimum absolute atomic E-state index is 0.283. The van der Waals surface area contributed by atoms with Gasteiger partial charge in [0.15, 0.2) is 5.96 Å². The number of benzene rings is 1. The summed E-state index contributed by atoms with van der Waals surface area (Å²) in [6.45, 7) is 8.78. The third kappa shape index (κ3) is 6.13. The maximum absolute atomic E-state index is 5.68. The second-order valence-electron chi connectivity index (χ2n) is 6.23. The topological polar surface area (TPSA) is 46.1 Å². The molecule has 2 rings (SSSR count). The van der Waals surface area contributed by atoms with E-state index < -0.39 is 0 Å². The molecule has 5 nitrogen and oxygen atoms in total. The number of aryl methyl sites for hydroxylation is 1. The molecule has 1 aromatic carbocycles. The third-order valence-electron chi connectivity index (χ3n) is 4.19. The van der Waals surface area contributed by atoms with Gasteiger partial charge in [0.1, 0.15) is 0 Å². The Bertz CT molecular complexity index is 513. The van der Waals surface area contributed by atoms with Gasteiger partial charge in [-0.1, -0.05) is 24.3 Å². The fourth-order valence-electron chi connectivity index (χ4n) is 2.79. The van der Waals surface area contributed by atoms with Crippen molar-refractivity contribution in [2.75, 3.05) is 40.0 Å². The molecule has 24 heavy (non-hydrogen) atoms. The van der Waals surface area contributed by atoms with Gasteiger partial charge in [-0.2, -0.15) is 0 Å². The molecule has 0 spiro atoms. The summed E-state index contributed by atoms with van der Waals surface area (Å²) in [5.74, 6) is 0.918. The molecule has 0 aromatic heterocycles. The van der Waals surface area contributed by atoms with Gasteiger partial charge >= 0.3 is 0 Å². The SMILES string of the molecule is CCNC(=NCCOCC1CCCO1)N(C)Cc1ccccc1C. The lowest BCUT2D eigenvalue weighted by molar-refractivity contribution is 0.0199. The van der Waals surface area contributed by atoms with Crippen LogP contribution in [0.3, 0.4) is 0 Å². The number of ether oxygens (including phenoxy) is 2. The van der Waals surface area contributed by atoms with Crippen LogP contribution in [0.25, 0.3) is 0 Å². The van der Waals surface area contributed by atoms with Crippen LogP contribution in [0.4, 0.5) is 0 Å². The molecule has 1 atom stereocenters. The van der Waals surface area contributed by atoms with Crippen molar-refractivity contribution in [1.82, 2.24) is 10.2 Å². The fourth-order valence-corrected chi connectivity index (χ4v) is 2.79. The van der Waals surface area contributed by atoms with E-state index in [-0.39, 0.29) is 6.10 Å². The summed E-state index contributed by atoms with van der Waals surface area (Å²) in [6.07, 6.45) is 2.55. The second-order valence-corrected chi connectivity index (χ2v) is 6.23. The molecule has 0 amide bonds. The Morgan fingerprint density at radius 2 is 2.25 bits per heavy atom.